The second kappa shape index (κ2) is 3.92. The summed E-state index contributed by atoms with van der Waals surface area (Å²) in [5, 5.41) is 3.38. The van der Waals surface area contributed by atoms with Crippen LogP contribution in [0.2, 0.25) is 0 Å². The van der Waals surface area contributed by atoms with Crippen LogP contribution in [0.1, 0.15) is 0 Å². The van der Waals surface area contributed by atoms with Crippen LogP contribution in [-0.4, -0.2) is 25.2 Å². The van der Waals surface area contributed by atoms with Crippen LogP contribution in [0.4, 0.5) is 11.4 Å². The zero-order valence-electron chi connectivity index (χ0n) is 7.79. The van der Waals surface area contributed by atoms with Gasteiger partial charge in [-0.3, -0.25) is 0 Å². The molecule has 2 rings (SSSR count). The minimum Gasteiger partial charge on any atom is -0.366 e. The van der Waals surface area contributed by atoms with E-state index in [-0.39, 0.29) is 0 Å². The Balaban J connectivity index is 2.09. The first-order chi connectivity index (χ1) is 6.42. The molecule has 0 radical (unpaired) electrons. The van der Waals surface area contributed by atoms with Gasteiger partial charge in [0.1, 0.15) is 0 Å². The summed E-state index contributed by atoms with van der Waals surface area (Å²) in [6, 6.07) is 8.48. The zero-order valence-corrected chi connectivity index (χ0v) is 8.60. The van der Waals surface area contributed by atoms with Gasteiger partial charge >= 0.3 is 0 Å². The fourth-order valence-electron chi connectivity index (χ4n) is 1.57. The lowest BCUT2D eigenvalue weighted by atomic mass is 10.3. The van der Waals surface area contributed by atoms with Crippen molar-refractivity contribution < 1.29 is 0 Å². The molecule has 1 aliphatic heterocycles. The fraction of sp³-hybridized carbons (Fsp3) is 0.400. The van der Waals surface area contributed by atoms with Gasteiger partial charge in [0.25, 0.3) is 0 Å². The van der Waals surface area contributed by atoms with Crippen molar-refractivity contribution in [3.8, 4) is 0 Å². The molecule has 3 heteroatoms. The van der Waals surface area contributed by atoms with Gasteiger partial charge in [-0.1, -0.05) is 12.1 Å². The normalized spacial score (nSPS) is 14.1. The molecule has 0 aliphatic carbocycles. The van der Waals surface area contributed by atoms with Gasteiger partial charge in [0.2, 0.25) is 0 Å². The minimum absolute atomic E-state index is 0.958. The molecular formula is C10H14N2S. The first-order valence-electron chi connectivity index (χ1n) is 4.48. The Labute approximate surface area is 83.3 Å². The molecule has 1 aliphatic rings. The number of nitrogens with one attached hydrogen (secondary N) is 1. The first-order valence-corrected chi connectivity index (χ1v) is 5.88. The van der Waals surface area contributed by atoms with E-state index < -0.39 is 0 Å². The maximum absolute atomic E-state index is 3.38. The van der Waals surface area contributed by atoms with E-state index in [1.807, 2.05) is 11.8 Å². The van der Waals surface area contributed by atoms with Crippen molar-refractivity contribution in [1.82, 2.24) is 0 Å². The maximum Gasteiger partial charge on any atom is 0.0877 e. The topological polar surface area (TPSA) is 15.3 Å². The maximum atomic E-state index is 3.38. The van der Waals surface area contributed by atoms with Crippen molar-refractivity contribution in [1.29, 1.82) is 0 Å². The number of hydrogen-bond donors (Lipinski definition) is 1. The smallest absolute Gasteiger partial charge is 0.0877 e. The fourth-order valence-corrected chi connectivity index (χ4v) is 1.97. The quantitative estimate of drug-likeness (QED) is 0.794. The van der Waals surface area contributed by atoms with Gasteiger partial charge in [0.05, 0.1) is 18.0 Å². The Morgan fingerprint density at radius 2 is 2.31 bits per heavy atom. The van der Waals surface area contributed by atoms with Gasteiger partial charge < -0.3 is 10.2 Å². The Hall–Kier alpha value is -0.830. The molecule has 0 bridgehead atoms. The number of benzene rings is 1. The highest BCUT2D eigenvalue weighted by atomic mass is 32.2. The molecule has 0 fully saturated rings. The lowest BCUT2D eigenvalue weighted by Crippen LogP contribution is -2.25. The van der Waals surface area contributed by atoms with E-state index in [2.05, 4.69) is 40.7 Å². The molecule has 0 spiro atoms. The summed E-state index contributed by atoms with van der Waals surface area (Å²) in [4.78, 5) is 2.38. The number of nitrogens with zero attached hydrogens (tertiary/aromatic N) is 1. The molecule has 0 unspecified atom stereocenters. The second-order valence-electron chi connectivity index (χ2n) is 3.11. The van der Waals surface area contributed by atoms with Crippen LogP contribution in [0.3, 0.4) is 0 Å². The molecule has 0 atom stereocenters. The number of hydrogen-bond acceptors (Lipinski definition) is 3. The van der Waals surface area contributed by atoms with Gasteiger partial charge in [-0.15, -0.1) is 0 Å². The lowest BCUT2D eigenvalue weighted by Gasteiger charge is -2.16. The van der Waals surface area contributed by atoms with Crippen LogP contribution in [0.5, 0.6) is 0 Å². The van der Waals surface area contributed by atoms with Crippen molar-refractivity contribution >= 4 is 23.1 Å². The Morgan fingerprint density at radius 3 is 3.15 bits per heavy atom. The highest BCUT2D eigenvalue weighted by molar-refractivity contribution is 7.98. The summed E-state index contributed by atoms with van der Waals surface area (Å²) in [6.45, 7) is 2.09. The molecule has 0 amide bonds. The van der Waals surface area contributed by atoms with Crippen LogP contribution in [0.15, 0.2) is 24.3 Å². The van der Waals surface area contributed by atoms with Crippen LogP contribution in [0.25, 0.3) is 0 Å². The molecule has 1 aromatic rings. The summed E-state index contributed by atoms with van der Waals surface area (Å²) in [6.07, 6.45) is 2.15. The number of para-hydroxylation sites is 2. The van der Waals surface area contributed by atoms with Crippen LogP contribution >= 0.6 is 11.8 Å². The van der Waals surface area contributed by atoms with E-state index in [1.165, 1.54) is 17.1 Å². The van der Waals surface area contributed by atoms with E-state index in [0.29, 0.717) is 0 Å². The molecule has 0 saturated carbocycles. The summed E-state index contributed by atoms with van der Waals surface area (Å²) in [5.41, 5.74) is 2.61. The van der Waals surface area contributed by atoms with Crippen molar-refractivity contribution in [3.63, 3.8) is 0 Å². The van der Waals surface area contributed by atoms with Gasteiger partial charge in [-0.2, -0.15) is 11.8 Å². The average Bonchev–Trinajstić information content (AvgIpc) is 2.58. The largest absolute Gasteiger partial charge is 0.366 e. The van der Waals surface area contributed by atoms with E-state index in [1.54, 1.807) is 0 Å². The third-order valence-electron chi connectivity index (χ3n) is 2.27. The number of thioether (sulfide) groups is 1. The van der Waals surface area contributed by atoms with Crippen molar-refractivity contribution in [2.45, 2.75) is 0 Å². The summed E-state index contributed by atoms with van der Waals surface area (Å²) in [7, 11) is 0. The predicted molar refractivity (Wildman–Crippen MR) is 60.7 cm³/mol. The molecular weight excluding hydrogens is 180 g/mol. The van der Waals surface area contributed by atoms with E-state index in [0.717, 1.165) is 13.2 Å². The molecule has 1 heterocycles. The molecule has 0 saturated heterocycles. The minimum atomic E-state index is 0.958. The van der Waals surface area contributed by atoms with Crippen molar-refractivity contribution in [3.05, 3.63) is 24.3 Å². The Morgan fingerprint density at radius 1 is 1.46 bits per heavy atom. The first kappa shape index (κ1) is 8.75. The molecule has 70 valence electrons. The molecule has 2 nitrogen and oxygen atoms in total. The molecule has 13 heavy (non-hydrogen) atoms. The molecule has 1 N–H and O–H groups in total. The third kappa shape index (κ3) is 1.75. The second-order valence-corrected chi connectivity index (χ2v) is 4.09. The van der Waals surface area contributed by atoms with Gasteiger partial charge in [-0.25, -0.2) is 0 Å². The number of anilines is 2. The Bertz CT molecular complexity index is 288. The van der Waals surface area contributed by atoms with Gasteiger partial charge in [0, 0.05) is 12.3 Å². The zero-order chi connectivity index (χ0) is 9.10. The predicted octanol–water partition coefficient (Wildman–Crippen LogP) is 2.24. The SMILES string of the molecule is CSCCN1CNc2ccccc21. The monoisotopic (exact) mass is 194 g/mol. The summed E-state index contributed by atoms with van der Waals surface area (Å²) >= 11 is 1.89. The van der Waals surface area contributed by atoms with E-state index >= 15 is 0 Å². The van der Waals surface area contributed by atoms with E-state index in [9.17, 15) is 0 Å². The standard InChI is InChI=1S/C10H14N2S/c1-13-7-6-12-8-11-9-4-2-3-5-10(9)12/h2-5,11H,6-8H2,1H3. The summed E-state index contributed by atoms with van der Waals surface area (Å²) in [5.74, 6) is 1.19. The molecule has 1 aromatic carbocycles. The van der Waals surface area contributed by atoms with Crippen LogP contribution < -0.4 is 10.2 Å². The van der Waals surface area contributed by atoms with Crippen molar-refractivity contribution in [2.75, 3.05) is 35.4 Å². The Kier molecular flexibility index (Phi) is 2.64. The highest BCUT2D eigenvalue weighted by Crippen LogP contribution is 2.30. The third-order valence-corrected chi connectivity index (χ3v) is 2.86. The van der Waals surface area contributed by atoms with Gasteiger partial charge in [0.15, 0.2) is 0 Å². The number of rotatable bonds is 3. The van der Waals surface area contributed by atoms with Gasteiger partial charge in [-0.05, 0) is 18.4 Å². The molecule has 0 aromatic heterocycles. The highest BCUT2D eigenvalue weighted by Gasteiger charge is 2.16. The van der Waals surface area contributed by atoms with Crippen LogP contribution in [-0.2, 0) is 0 Å². The lowest BCUT2D eigenvalue weighted by molar-refractivity contribution is 0.919. The average molecular weight is 194 g/mol. The summed E-state index contributed by atoms with van der Waals surface area (Å²) < 4.78 is 0. The van der Waals surface area contributed by atoms with Crippen molar-refractivity contribution in [2.24, 2.45) is 0 Å². The van der Waals surface area contributed by atoms with E-state index in [4.69, 9.17) is 0 Å². The van der Waals surface area contributed by atoms with Crippen LogP contribution in [0, 0.1) is 0 Å². The number of fused-ring (bicyclic) bond motifs is 1.